The number of aromatic carboxylic acids is 1. The SMILES string of the molecule is COc1ccc(Nc2c(-c3cnn(C)c3)c(C)nn2-c2ccccc2OC)c(C(=O)O)c1. The Bertz CT molecular complexity index is 1290. The van der Waals surface area contributed by atoms with Crippen molar-refractivity contribution >= 4 is 17.5 Å². The van der Waals surface area contributed by atoms with Gasteiger partial charge in [0.1, 0.15) is 23.0 Å². The molecule has 0 radical (unpaired) electrons. The Kier molecular flexibility index (Phi) is 5.55. The fraction of sp³-hybridized carbons (Fsp3) is 0.174. The maximum absolute atomic E-state index is 11.9. The quantitative estimate of drug-likeness (QED) is 0.453. The Morgan fingerprint density at radius 3 is 2.56 bits per heavy atom. The van der Waals surface area contributed by atoms with Crippen molar-refractivity contribution in [3.8, 4) is 28.3 Å². The molecule has 9 nitrogen and oxygen atoms in total. The highest BCUT2D eigenvalue weighted by molar-refractivity contribution is 5.96. The van der Waals surface area contributed by atoms with Crippen LogP contribution in [0.4, 0.5) is 11.5 Å². The van der Waals surface area contributed by atoms with Crippen LogP contribution in [0.15, 0.2) is 54.9 Å². The van der Waals surface area contributed by atoms with Gasteiger partial charge in [0.25, 0.3) is 0 Å². The lowest BCUT2D eigenvalue weighted by atomic mass is 10.1. The van der Waals surface area contributed by atoms with Crippen LogP contribution in [0.3, 0.4) is 0 Å². The highest BCUT2D eigenvalue weighted by Crippen LogP contribution is 2.38. The summed E-state index contributed by atoms with van der Waals surface area (Å²) in [5.74, 6) is 0.598. The van der Waals surface area contributed by atoms with Crippen molar-refractivity contribution < 1.29 is 19.4 Å². The third-order valence-corrected chi connectivity index (χ3v) is 5.08. The number of anilines is 2. The van der Waals surface area contributed by atoms with Crippen molar-refractivity contribution in [1.82, 2.24) is 19.6 Å². The lowest BCUT2D eigenvalue weighted by molar-refractivity contribution is 0.0697. The van der Waals surface area contributed by atoms with Crippen molar-refractivity contribution in [2.24, 2.45) is 7.05 Å². The van der Waals surface area contributed by atoms with Crippen LogP contribution in [0, 0.1) is 6.92 Å². The van der Waals surface area contributed by atoms with E-state index in [1.165, 1.54) is 13.2 Å². The first-order chi connectivity index (χ1) is 15.4. The fourth-order valence-corrected chi connectivity index (χ4v) is 3.58. The van der Waals surface area contributed by atoms with Crippen molar-refractivity contribution in [1.29, 1.82) is 0 Å². The highest BCUT2D eigenvalue weighted by atomic mass is 16.5. The predicted octanol–water partition coefficient (Wildman–Crippen LogP) is 4.04. The number of rotatable bonds is 7. The molecule has 0 saturated carbocycles. The number of hydrogen-bond donors (Lipinski definition) is 2. The minimum Gasteiger partial charge on any atom is -0.497 e. The molecule has 0 spiro atoms. The van der Waals surface area contributed by atoms with Crippen molar-refractivity contribution in [2.75, 3.05) is 19.5 Å². The maximum atomic E-state index is 11.9. The summed E-state index contributed by atoms with van der Waals surface area (Å²) < 4.78 is 14.2. The van der Waals surface area contributed by atoms with Crippen LogP contribution in [0.1, 0.15) is 16.1 Å². The van der Waals surface area contributed by atoms with Gasteiger partial charge in [-0.25, -0.2) is 9.48 Å². The molecule has 0 aliphatic carbocycles. The summed E-state index contributed by atoms with van der Waals surface area (Å²) in [7, 11) is 4.92. The molecule has 4 aromatic rings. The normalized spacial score (nSPS) is 10.8. The van der Waals surface area contributed by atoms with Gasteiger partial charge in [0.2, 0.25) is 0 Å². The van der Waals surface area contributed by atoms with Gasteiger partial charge in [0.15, 0.2) is 0 Å². The topological polar surface area (TPSA) is 103 Å². The smallest absolute Gasteiger partial charge is 0.337 e. The summed E-state index contributed by atoms with van der Waals surface area (Å²) in [5, 5.41) is 22.1. The van der Waals surface area contributed by atoms with E-state index in [1.54, 1.807) is 34.8 Å². The molecule has 2 aromatic heterocycles. The maximum Gasteiger partial charge on any atom is 0.337 e. The molecule has 164 valence electrons. The zero-order chi connectivity index (χ0) is 22.8. The first-order valence-electron chi connectivity index (χ1n) is 9.83. The molecule has 9 heteroatoms. The van der Waals surface area contributed by atoms with Crippen LogP contribution in [0.5, 0.6) is 11.5 Å². The van der Waals surface area contributed by atoms with E-state index in [4.69, 9.17) is 14.6 Å². The molecule has 0 unspecified atom stereocenters. The van der Waals surface area contributed by atoms with E-state index < -0.39 is 5.97 Å². The molecule has 0 aliphatic rings. The number of hydrogen-bond acceptors (Lipinski definition) is 6. The third-order valence-electron chi connectivity index (χ3n) is 5.08. The molecule has 0 atom stereocenters. The second-order valence-electron chi connectivity index (χ2n) is 7.14. The van der Waals surface area contributed by atoms with E-state index in [-0.39, 0.29) is 5.56 Å². The van der Waals surface area contributed by atoms with Gasteiger partial charge in [-0.05, 0) is 37.3 Å². The average molecular weight is 433 g/mol. The number of ether oxygens (including phenoxy) is 2. The van der Waals surface area contributed by atoms with E-state index in [0.29, 0.717) is 28.7 Å². The van der Waals surface area contributed by atoms with Crippen LogP contribution in [-0.4, -0.2) is 44.9 Å². The summed E-state index contributed by atoms with van der Waals surface area (Å²) in [5.41, 5.74) is 3.58. The number of benzene rings is 2. The van der Waals surface area contributed by atoms with Gasteiger partial charge in [-0.2, -0.15) is 10.2 Å². The standard InChI is InChI=1S/C23H23N5O4/c1-14-21(15-12-24-27(2)13-15)22(28(26-14)19-7-5-6-8-20(19)32-4)25-18-10-9-16(31-3)11-17(18)23(29)30/h5-13,25H,1-4H3,(H,29,30). The van der Waals surface area contributed by atoms with Crippen molar-refractivity contribution in [3.05, 3.63) is 66.1 Å². The second-order valence-corrected chi connectivity index (χ2v) is 7.14. The van der Waals surface area contributed by atoms with Crippen molar-refractivity contribution in [3.63, 3.8) is 0 Å². The molecule has 32 heavy (non-hydrogen) atoms. The van der Waals surface area contributed by atoms with Crippen LogP contribution in [-0.2, 0) is 7.05 Å². The summed E-state index contributed by atoms with van der Waals surface area (Å²) in [6.07, 6.45) is 3.63. The van der Waals surface area contributed by atoms with Crippen LogP contribution >= 0.6 is 0 Å². The second kappa shape index (κ2) is 8.46. The molecule has 4 rings (SSSR count). The first kappa shape index (κ1) is 21.0. The van der Waals surface area contributed by atoms with E-state index in [0.717, 1.165) is 16.8 Å². The number of carbonyl (C=O) groups is 1. The van der Waals surface area contributed by atoms with E-state index in [1.807, 2.05) is 44.4 Å². The lowest BCUT2D eigenvalue weighted by Crippen LogP contribution is -2.08. The molecule has 2 aromatic carbocycles. The number of carboxylic acid groups (broad SMARTS) is 1. The van der Waals surface area contributed by atoms with Gasteiger partial charge in [-0.15, -0.1) is 0 Å². The molecule has 2 heterocycles. The van der Waals surface area contributed by atoms with Crippen LogP contribution < -0.4 is 14.8 Å². The van der Waals surface area contributed by atoms with Gasteiger partial charge in [0.05, 0.1) is 42.9 Å². The Labute approximate surface area is 184 Å². The van der Waals surface area contributed by atoms with Crippen LogP contribution in [0.2, 0.25) is 0 Å². The Hall–Kier alpha value is -4.27. The van der Waals surface area contributed by atoms with E-state index >= 15 is 0 Å². The molecule has 0 fully saturated rings. The van der Waals surface area contributed by atoms with Crippen LogP contribution in [0.25, 0.3) is 16.8 Å². The average Bonchev–Trinajstić information content (AvgIpc) is 3.36. The minimum absolute atomic E-state index is 0.0758. The largest absolute Gasteiger partial charge is 0.497 e. The minimum atomic E-state index is -1.07. The summed E-state index contributed by atoms with van der Waals surface area (Å²) >= 11 is 0. The lowest BCUT2D eigenvalue weighted by Gasteiger charge is -2.16. The van der Waals surface area contributed by atoms with E-state index in [9.17, 15) is 9.90 Å². The third kappa shape index (κ3) is 3.76. The fourth-order valence-electron chi connectivity index (χ4n) is 3.58. The zero-order valence-electron chi connectivity index (χ0n) is 18.2. The molecule has 0 saturated heterocycles. The number of aryl methyl sites for hydroxylation is 2. The predicted molar refractivity (Wildman–Crippen MR) is 120 cm³/mol. The van der Waals surface area contributed by atoms with Gasteiger partial charge >= 0.3 is 5.97 Å². The Morgan fingerprint density at radius 1 is 1.12 bits per heavy atom. The number of nitrogens with one attached hydrogen (secondary N) is 1. The summed E-state index contributed by atoms with van der Waals surface area (Å²) in [6.45, 7) is 1.89. The Balaban J connectivity index is 1.95. The Morgan fingerprint density at radius 2 is 1.91 bits per heavy atom. The van der Waals surface area contributed by atoms with Gasteiger partial charge < -0.3 is 19.9 Å². The first-order valence-corrected chi connectivity index (χ1v) is 9.83. The van der Waals surface area contributed by atoms with Crippen molar-refractivity contribution in [2.45, 2.75) is 6.92 Å². The summed E-state index contributed by atoms with van der Waals surface area (Å²) in [6, 6.07) is 12.3. The monoisotopic (exact) mass is 433 g/mol. The molecule has 0 aliphatic heterocycles. The molecular weight excluding hydrogens is 410 g/mol. The molecule has 2 N–H and O–H groups in total. The number of para-hydroxylation sites is 2. The number of nitrogens with zero attached hydrogens (tertiary/aromatic N) is 4. The van der Waals surface area contributed by atoms with E-state index in [2.05, 4.69) is 10.4 Å². The van der Waals surface area contributed by atoms with Gasteiger partial charge in [0, 0.05) is 18.8 Å². The van der Waals surface area contributed by atoms with Gasteiger partial charge in [-0.1, -0.05) is 12.1 Å². The zero-order valence-corrected chi connectivity index (χ0v) is 18.2. The number of aromatic nitrogens is 4. The number of methoxy groups -OCH3 is 2. The number of carboxylic acids is 1. The molecular formula is C23H23N5O4. The molecule has 0 amide bonds. The molecule has 0 bridgehead atoms. The van der Waals surface area contributed by atoms with Gasteiger partial charge in [-0.3, -0.25) is 4.68 Å². The summed E-state index contributed by atoms with van der Waals surface area (Å²) in [4.78, 5) is 11.9. The highest BCUT2D eigenvalue weighted by Gasteiger charge is 2.23.